The van der Waals surface area contributed by atoms with Crippen molar-refractivity contribution < 1.29 is 13.5 Å². The van der Waals surface area contributed by atoms with Gasteiger partial charge in [0.15, 0.2) is 0 Å². The van der Waals surface area contributed by atoms with E-state index in [1.54, 1.807) is 26.1 Å². The van der Waals surface area contributed by atoms with Crippen molar-refractivity contribution in [3.8, 4) is 0 Å². The Bertz CT molecular complexity index is 411. The van der Waals surface area contributed by atoms with Gasteiger partial charge in [0.1, 0.15) is 4.21 Å². The summed E-state index contributed by atoms with van der Waals surface area (Å²) in [7, 11) is -1.76. The van der Waals surface area contributed by atoms with Gasteiger partial charge in [-0.1, -0.05) is 6.92 Å². The van der Waals surface area contributed by atoms with Crippen molar-refractivity contribution >= 4 is 21.4 Å². The molecule has 1 heterocycles. The molecule has 0 aliphatic carbocycles. The van der Waals surface area contributed by atoms with Gasteiger partial charge in [-0.2, -0.15) is 0 Å². The first-order valence-electron chi connectivity index (χ1n) is 4.68. The monoisotopic (exact) mass is 249 g/mol. The van der Waals surface area contributed by atoms with E-state index in [-0.39, 0.29) is 6.61 Å². The highest BCUT2D eigenvalue weighted by atomic mass is 32.2. The van der Waals surface area contributed by atoms with Gasteiger partial charge in [0.2, 0.25) is 0 Å². The first kappa shape index (κ1) is 12.6. The summed E-state index contributed by atoms with van der Waals surface area (Å²) in [5, 5.41) is 8.73. The van der Waals surface area contributed by atoms with E-state index >= 15 is 0 Å². The predicted molar refractivity (Wildman–Crippen MR) is 60.6 cm³/mol. The molecule has 0 aliphatic rings. The van der Waals surface area contributed by atoms with Gasteiger partial charge in [0.05, 0.1) is 0 Å². The Balaban J connectivity index is 2.96. The first-order valence-corrected chi connectivity index (χ1v) is 6.94. The summed E-state index contributed by atoms with van der Waals surface area (Å²) in [6.07, 6.45) is 0.510. The lowest BCUT2D eigenvalue weighted by atomic mass is 10.4. The zero-order chi connectivity index (χ0) is 11.5. The molecule has 4 nitrogen and oxygen atoms in total. The van der Waals surface area contributed by atoms with Gasteiger partial charge >= 0.3 is 0 Å². The Kier molecular flexibility index (Phi) is 4.27. The van der Waals surface area contributed by atoms with E-state index in [4.69, 9.17) is 5.11 Å². The summed E-state index contributed by atoms with van der Waals surface area (Å²) in [5.41, 5.74) is 0. The topological polar surface area (TPSA) is 57.6 Å². The van der Waals surface area contributed by atoms with Gasteiger partial charge in [0, 0.05) is 31.5 Å². The minimum atomic E-state index is -3.32. The fraction of sp³-hybridized carbons (Fsp3) is 0.556. The molecule has 0 saturated carbocycles. The summed E-state index contributed by atoms with van der Waals surface area (Å²) in [6.45, 7) is 2.29. The van der Waals surface area contributed by atoms with Crippen molar-refractivity contribution in [3.63, 3.8) is 0 Å². The van der Waals surface area contributed by atoms with Crippen LogP contribution in [0.15, 0.2) is 16.3 Å². The first-order chi connectivity index (χ1) is 7.02. The van der Waals surface area contributed by atoms with E-state index < -0.39 is 10.0 Å². The van der Waals surface area contributed by atoms with E-state index in [1.165, 1.54) is 15.6 Å². The summed E-state index contributed by atoms with van der Waals surface area (Å²) < 4.78 is 25.4. The number of thiophene rings is 1. The summed E-state index contributed by atoms with van der Waals surface area (Å²) in [6, 6.07) is 3.34. The minimum absolute atomic E-state index is 0.0453. The van der Waals surface area contributed by atoms with Crippen LogP contribution in [0.3, 0.4) is 0 Å². The SMILES string of the molecule is CCN(C)S(=O)(=O)c1ccc(CCO)s1. The third-order valence-electron chi connectivity index (χ3n) is 2.11. The molecule has 1 rings (SSSR count). The molecule has 1 N–H and O–H groups in total. The molecule has 0 aliphatic heterocycles. The van der Waals surface area contributed by atoms with E-state index in [2.05, 4.69) is 0 Å². The van der Waals surface area contributed by atoms with Crippen LogP contribution >= 0.6 is 11.3 Å². The molecule has 1 aromatic rings. The summed E-state index contributed by atoms with van der Waals surface area (Å²) in [5.74, 6) is 0. The Morgan fingerprint density at radius 2 is 2.13 bits per heavy atom. The molecule has 6 heteroatoms. The molecule has 0 unspecified atom stereocenters. The van der Waals surface area contributed by atoms with Gasteiger partial charge in [-0.15, -0.1) is 11.3 Å². The molecular formula is C9H15NO3S2. The van der Waals surface area contributed by atoms with Gasteiger partial charge in [0.25, 0.3) is 10.0 Å². The Labute approximate surface area is 94.2 Å². The standard InChI is InChI=1S/C9H15NO3S2/c1-3-10(2)15(12,13)9-5-4-8(14-9)6-7-11/h4-5,11H,3,6-7H2,1-2H3. The zero-order valence-electron chi connectivity index (χ0n) is 8.80. The van der Waals surface area contributed by atoms with Gasteiger partial charge < -0.3 is 5.11 Å². The van der Waals surface area contributed by atoms with Crippen molar-refractivity contribution in [3.05, 3.63) is 17.0 Å². The largest absolute Gasteiger partial charge is 0.396 e. The summed E-state index contributed by atoms with van der Waals surface area (Å²) in [4.78, 5) is 0.889. The van der Waals surface area contributed by atoms with E-state index in [9.17, 15) is 8.42 Å². The number of rotatable bonds is 5. The van der Waals surface area contributed by atoms with Crippen LogP contribution < -0.4 is 0 Å². The van der Waals surface area contributed by atoms with Crippen LogP contribution in [-0.2, 0) is 16.4 Å². The molecule has 0 fully saturated rings. The number of aliphatic hydroxyl groups is 1. The maximum Gasteiger partial charge on any atom is 0.252 e. The lowest BCUT2D eigenvalue weighted by Gasteiger charge is -2.12. The highest BCUT2D eigenvalue weighted by molar-refractivity contribution is 7.91. The highest BCUT2D eigenvalue weighted by Gasteiger charge is 2.20. The third-order valence-corrected chi connectivity index (χ3v) is 5.65. The molecule has 15 heavy (non-hydrogen) atoms. The molecule has 0 bridgehead atoms. The number of hydrogen-bond donors (Lipinski definition) is 1. The molecule has 0 spiro atoms. The summed E-state index contributed by atoms with van der Waals surface area (Å²) >= 11 is 1.22. The second-order valence-electron chi connectivity index (χ2n) is 3.11. The molecule has 86 valence electrons. The molecule has 0 radical (unpaired) electrons. The minimum Gasteiger partial charge on any atom is -0.396 e. The molecule has 1 aromatic heterocycles. The number of nitrogens with zero attached hydrogens (tertiary/aromatic N) is 1. The van der Waals surface area contributed by atoms with E-state index in [0.717, 1.165) is 4.88 Å². The van der Waals surface area contributed by atoms with Crippen LogP contribution in [0.1, 0.15) is 11.8 Å². The molecular weight excluding hydrogens is 234 g/mol. The lowest BCUT2D eigenvalue weighted by Crippen LogP contribution is -2.25. The second-order valence-corrected chi connectivity index (χ2v) is 6.55. The molecule has 0 amide bonds. The van der Waals surface area contributed by atoms with Crippen molar-refractivity contribution in [2.24, 2.45) is 0 Å². The van der Waals surface area contributed by atoms with Crippen LogP contribution in [0.25, 0.3) is 0 Å². The smallest absolute Gasteiger partial charge is 0.252 e. The molecule has 0 aromatic carbocycles. The second kappa shape index (κ2) is 5.07. The Hall–Kier alpha value is -0.430. The van der Waals surface area contributed by atoms with Crippen molar-refractivity contribution in [2.45, 2.75) is 17.6 Å². The fourth-order valence-electron chi connectivity index (χ4n) is 1.06. The highest BCUT2D eigenvalue weighted by Crippen LogP contribution is 2.24. The van der Waals surface area contributed by atoms with Crippen molar-refractivity contribution in [2.75, 3.05) is 20.2 Å². The zero-order valence-corrected chi connectivity index (χ0v) is 10.4. The van der Waals surface area contributed by atoms with E-state index in [1.807, 2.05) is 0 Å². The van der Waals surface area contributed by atoms with Crippen LogP contribution in [0, 0.1) is 0 Å². The van der Waals surface area contributed by atoms with Crippen molar-refractivity contribution in [1.29, 1.82) is 0 Å². The van der Waals surface area contributed by atoms with Gasteiger partial charge in [-0.25, -0.2) is 12.7 Å². The fourth-order valence-corrected chi connectivity index (χ4v) is 3.80. The van der Waals surface area contributed by atoms with Gasteiger partial charge in [-0.3, -0.25) is 0 Å². The average molecular weight is 249 g/mol. The van der Waals surface area contributed by atoms with E-state index in [0.29, 0.717) is 17.2 Å². The normalized spacial score (nSPS) is 12.3. The maximum absolute atomic E-state index is 11.9. The van der Waals surface area contributed by atoms with Crippen LogP contribution in [0.2, 0.25) is 0 Å². The third kappa shape index (κ3) is 2.78. The number of hydrogen-bond acceptors (Lipinski definition) is 4. The molecule has 0 saturated heterocycles. The molecule has 0 atom stereocenters. The number of aliphatic hydroxyl groups excluding tert-OH is 1. The van der Waals surface area contributed by atoms with Crippen LogP contribution in [0.4, 0.5) is 0 Å². The quantitative estimate of drug-likeness (QED) is 0.844. The Morgan fingerprint density at radius 1 is 1.47 bits per heavy atom. The number of sulfonamides is 1. The average Bonchev–Trinajstić information content (AvgIpc) is 2.66. The van der Waals surface area contributed by atoms with Gasteiger partial charge in [-0.05, 0) is 12.1 Å². The predicted octanol–water partition coefficient (Wildman–Crippen LogP) is 0.923. The van der Waals surface area contributed by atoms with Crippen molar-refractivity contribution in [1.82, 2.24) is 4.31 Å². The van der Waals surface area contributed by atoms with Crippen LogP contribution in [-0.4, -0.2) is 38.0 Å². The van der Waals surface area contributed by atoms with Crippen LogP contribution in [0.5, 0.6) is 0 Å². The maximum atomic E-state index is 11.9. The Morgan fingerprint density at radius 3 is 2.67 bits per heavy atom. The lowest BCUT2D eigenvalue weighted by molar-refractivity contribution is 0.300.